The Balaban J connectivity index is 2.38. The molecular weight excluding hydrogens is 230 g/mol. The molecular formula is C11H18ClNOS. The zero-order valence-electron chi connectivity index (χ0n) is 9.24. The van der Waals surface area contributed by atoms with E-state index in [1.807, 2.05) is 6.07 Å². The van der Waals surface area contributed by atoms with Crippen molar-refractivity contribution in [3.05, 3.63) is 21.3 Å². The molecule has 0 aliphatic rings. The lowest BCUT2D eigenvalue weighted by molar-refractivity contribution is 0.174. The fourth-order valence-electron chi connectivity index (χ4n) is 1.52. The van der Waals surface area contributed by atoms with Crippen LogP contribution in [-0.4, -0.2) is 30.2 Å². The van der Waals surface area contributed by atoms with Crippen LogP contribution in [0.1, 0.15) is 18.2 Å². The maximum absolute atomic E-state index is 9.10. The molecule has 1 aromatic heterocycles. The predicted octanol–water partition coefficient (Wildman–Crippen LogP) is 2.85. The highest BCUT2D eigenvalue weighted by Gasteiger charge is 2.09. The summed E-state index contributed by atoms with van der Waals surface area (Å²) in [7, 11) is 2.08. The van der Waals surface area contributed by atoms with Gasteiger partial charge in [0.1, 0.15) is 0 Å². The molecule has 0 saturated carbocycles. The van der Waals surface area contributed by atoms with E-state index in [1.165, 1.54) is 4.88 Å². The maximum atomic E-state index is 9.10. The second-order valence-corrected chi connectivity index (χ2v) is 5.66. The monoisotopic (exact) mass is 247 g/mol. The topological polar surface area (TPSA) is 23.5 Å². The molecule has 1 unspecified atom stereocenters. The number of rotatable bonds is 6. The molecule has 2 nitrogen and oxygen atoms in total. The average molecular weight is 248 g/mol. The summed E-state index contributed by atoms with van der Waals surface area (Å²) in [5.41, 5.74) is 0. The van der Waals surface area contributed by atoms with Gasteiger partial charge in [0.25, 0.3) is 0 Å². The smallest absolute Gasteiger partial charge is 0.0931 e. The lowest BCUT2D eigenvalue weighted by Crippen LogP contribution is -2.26. The van der Waals surface area contributed by atoms with E-state index in [0.29, 0.717) is 5.92 Å². The lowest BCUT2D eigenvalue weighted by Gasteiger charge is -2.20. The van der Waals surface area contributed by atoms with Crippen LogP contribution >= 0.6 is 22.9 Å². The van der Waals surface area contributed by atoms with Crippen LogP contribution in [0.25, 0.3) is 0 Å². The standard InChI is InChI=1S/C11H18ClNOS/c1-3-9(8-14)6-13(2)7-10-4-5-11(12)15-10/h4-5,9,14H,3,6-8H2,1-2H3. The Hall–Kier alpha value is -0.0900. The van der Waals surface area contributed by atoms with Gasteiger partial charge in [0.2, 0.25) is 0 Å². The number of thiophene rings is 1. The molecule has 0 spiro atoms. The quantitative estimate of drug-likeness (QED) is 0.836. The molecule has 1 rings (SSSR count). The van der Waals surface area contributed by atoms with Crippen LogP contribution in [0, 0.1) is 5.92 Å². The van der Waals surface area contributed by atoms with E-state index < -0.39 is 0 Å². The Bertz CT molecular complexity index is 286. The van der Waals surface area contributed by atoms with Crippen molar-refractivity contribution < 1.29 is 5.11 Å². The fraction of sp³-hybridized carbons (Fsp3) is 0.636. The minimum atomic E-state index is 0.270. The first kappa shape index (κ1) is 13.0. The third-order valence-corrected chi connectivity index (χ3v) is 3.68. The van der Waals surface area contributed by atoms with E-state index in [9.17, 15) is 0 Å². The highest BCUT2D eigenvalue weighted by molar-refractivity contribution is 7.16. The molecule has 4 heteroatoms. The van der Waals surface area contributed by atoms with Crippen LogP contribution in [0.3, 0.4) is 0 Å². The van der Waals surface area contributed by atoms with Crippen LogP contribution < -0.4 is 0 Å². The summed E-state index contributed by atoms with van der Waals surface area (Å²) in [5.74, 6) is 0.380. The number of hydrogen-bond donors (Lipinski definition) is 1. The summed E-state index contributed by atoms with van der Waals surface area (Å²) >= 11 is 7.48. The van der Waals surface area contributed by atoms with Crippen molar-refractivity contribution >= 4 is 22.9 Å². The molecule has 0 radical (unpaired) electrons. The molecule has 0 fully saturated rings. The van der Waals surface area contributed by atoms with Crippen LogP contribution in [0.5, 0.6) is 0 Å². The van der Waals surface area contributed by atoms with Gasteiger partial charge in [0.05, 0.1) is 4.34 Å². The number of nitrogens with zero attached hydrogens (tertiary/aromatic N) is 1. The molecule has 0 amide bonds. The molecule has 0 saturated heterocycles. The van der Waals surface area contributed by atoms with Gasteiger partial charge >= 0.3 is 0 Å². The minimum Gasteiger partial charge on any atom is -0.396 e. The van der Waals surface area contributed by atoms with E-state index in [4.69, 9.17) is 16.7 Å². The second kappa shape index (κ2) is 6.48. The third-order valence-electron chi connectivity index (χ3n) is 2.46. The Morgan fingerprint density at radius 3 is 2.73 bits per heavy atom. The number of aliphatic hydroxyl groups excluding tert-OH is 1. The van der Waals surface area contributed by atoms with E-state index in [0.717, 1.165) is 23.8 Å². The van der Waals surface area contributed by atoms with E-state index in [1.54, 1.807) is 11.3 Å². The zero-order chi connectivity index (χ0) is 11.3. The molecule has 0 bridgehead atoms. The SMILES string of the molecule is CCC(CO)CN(C)Cc1ccc(Cl)s1. The van der Waals surface area contributed by atoms with Gasteiger partial charge in [-0.05, 0) is 31.5 Å². The van der Waals surface area contributed by atoms with Crippen LogP contribution in [0.4, 0.5) is 0 Å². The zero-order valence-corrected chi connectivity index (χ0v) is 10.8. The summed E-state index contributed by atoms with van der Waals surface area (Å²) in [6, 6.07) is 3.99. The summed E-state index contributed by atoms with van der Waals surface area (Å²) in [6.45, 7) is 4.22. The summed E-state index contributed by atoms with van der Waals surface area (Å²) in [5, 5.41) is 9.10. The molecule has 86 valence electrons. The average Bonchev–Trinajstić information content (AvgIpc) is 2.60. The maximum Gasteiger partial charge on any atom is 0.0931 e. The lowest BCUT2D eigenvalue weighted by atomic mass is 10.1. The Morgan fingerprint density at radius 2 is 2.27 bits per heavy atom. The van der Waals surface area contributed by atoms with Crippen molar-refractivity contribution in [3.63, 3.8) is 0 Å². The van der Waals surface area contributed by atoms with E-state index in [-0.39, 0.29) is 6.61 Å². The van der Waals surface area contributed by atoms with E-state index in [2.05, 4.69) is 24.9 Å². The van der Waals surface area contributed by atoms with Crippen LogP contribution in [-0.2, 0) is 6.54 Å². The number of hydrogen-bond acceptors (Lipinski definition) is 3. The molecule has 0 aliphatic carbocycles. The van der Waals surface area contributed by atoms with Gasteiger partial charge in [-0.3, -0.25) is 0 Å². The predicted molar refractivity (Wildman–Crippen MR) is 66.5 cm³/mol. The summed E-state index contributed by atoms with van der Waals surface area (Å²) in [4.78, 5) is 3.50. The van der Waals surface area contributed by atoms with Crippen molar-refractivity contribution in [3.8, 4) is 0 Å². The molecule has 1 N–H and O–H groups in total. The van der Waals surface area contributed by atoms with Gasteiger partial charge in [-0.15, -0.1) is 11.3 Å². The molecule has 0 aliphatic heterocycles. The second-order valence-electron chi connectivity index (χ2n) is 3.86. The number of halogens is 1. The first-order valence-corrected chi connectivity index (χ1v) is 6.38. The molecule has 0 aromatic carbocycles. The molecule has 1 atom stereocenters. The van der Waals surface area contributed by atoms with Gasteiger partial charge in [0, 0.05) is 24.6 Å². The highest BCUT2D eigenvalue weighted by atomic mass is 35.5. The van der Waals surface area contributed by atoms with Crippen LogP contribution in [0.2, 0.25) is 4.34 Å². The van der Waals surface area contributed by atoms with Crippen molar-refractivity contribution in [1.82, 2.24) is 4.90 Å². The van der Waals surface area contributed by atoms with Crippen LogP contribution in [0.15, 0.2) is 12.1 Å². The molecule has 15 heavy (non-hydrogen) atoms. The van der Waals surface area contributed by atoms with Crippen molar-refractivity contribution in [1.29, 1.82) is 0 Å². The normalized spacial score (nSPS) is 13.4. The first-order chi connectivity index (χ1) is 7.15. The Labute approximate surface area is 100 Å². The minimum absolute atomic E-state index is 0.270. The van der Waals surface area contributed by atoms with Gasteiger partial charge in [-0.2, -0.15) is 0 Å². The highest BCUT2D eigenvalue weighted by Crippen LogP contribution is 2.22. The van der Waals surface area contributed by atoms with Crippen molar-refractivity contribution in [2.24, 2.45) is 5.92 Å². The summed E-state index contributed by atoms with van der Waals surface area (Å²) in [6.07, 6.45) is 1.02. The van der Waals surface area contributed by atoms with E-state index >= 15 is 0 Å². The molecule has 1 aromatic rings. The van der Waals surface area contributed by atoms with Crippen molar-refractivity contribution in [2.45, 2.75) is 19.9 Å². The Morgan fingerprint density at radius 1 is 1.53 bits per heavy atom. The molecule has 1 heterocycles. The fourth-order valence-corrected chi connectivity index (χ4v) is 2.69. The Kier molecular flexibility index (Phi) is 5.61. The van der Waals surface area contributed by atoms with Gasteiger partial charge in [0.15, 0.2) is 0 Å². The summed E-state index contributed by atoms with van der Waals surface area (Å²) < 4.78 is 0.840. The third kappa shape index (κ3) is 4.51. The first-order valence-electron chi connectivity index (χ1n) is 5.19. The number of aliphatic hydroxyl groups is 1. The van der Waals surface area contributed by atoms with Gasteiger partial charge in [-0.1, -0.05) is 18.5 Å². The van der Waals surface area contributed by atoms with Gasteiger partial charge in [-0.25, -0.2) is 0 Å². The van der Waals surface area contributed by atoms with Crippen molar-refractivity contribution in [2.75, 3.05) is 20.2 Å². The largest absolute Gasteiger partial charge is 0.396 e. The van der Waals surface area contributed by atoms with Gasteiger partial charge < -0.3 is 10.0 Å².